The summed E-state index contributed by atoms with van der Waals surface area (Å²) in [5.74, 6) is -0.306. The molecule has 0 saturated carbocycles. The Morgan fingerprint density at radius 2 is 1.52 bits per heavy atom. The molecular formula is C16H17N3O2. The molecule has 0 fully saturated rings. The van der Waals surface area contributed by atoms with E-state index in [4.69, 9.17) is 0 Å². The Morgan fingerprint density at radius 1 is 0.952 bits per heavy atom. The number of hydrogen-bond donors (Lipinski definition) is 2. The fourth-order valence-electron chi connectivity index (χ4n) is 1.92. The van der Waals surface area contributed by atoms with E-state index in [2.05, 4.69) is 15.6 Å². The summed E-state index contributed by atoms with van der Waals surface area (Å²) in [6.07, 6.45) is 1.62. The van der Waals surface area contributed by atoms with Crippen molar-refractivity contribution >= 4 is 23.2 Å². The van der Waals surface area contributed by atoms with Crippen LogP contribution in [0.15, 0.2) is 36.5 Å². The largest absolute Gasteiger partial charge is 0.326 e. The van der Waals surface area contributed by atoms with Crippen molar-refractivity contribution in [3.05, 3.63) is 53.3 Å². The van der Waals surface area contributed by atoms with Gasteiger partial charge in [-0.3, -0.25) is 14.6 Å². The second kappa shape index (κ2) is 6.17. The summed E-state index contributed by atoms with van der Waals surface area (Å²) in [6.45, 7) is 5.19. The minimum absolute atomic E-state index is 0.130. The SMILES string of the molecule is CC(=O)Nc1ccc(NC(=O)c2ccnc(C)c2C)cc1. The minimum atomic E-state index is -0.176. The number of carbonyl (C=O) groups is 2. The highest BCUT2D eigenvalue weighted by molar-refractivity contribution is 6.05. The van der Waals surface area contributed by atoms with Gasteiger partial charge in [0.15, 0.2) is 0 Å². The summed E-state index contributed by atoms with van der Waals surface area (Å²) in [4.78, 5) is 27.3. The van der Waals surface area contributed by atoms with Gasteiger partial charge in [0.1, 0.15) is 0 Å². The number of carbonyl (C=O) groups excluding carboxylic acids is 2. The molecule has 0 spiro atoms. The summed E-state index contributed by atoms with van der Waals surface area (Å²) in [6, 6.07) is 8.66. The van der Waals surface area contributed by atoms with Gasteiger partial charge in [0.25, 0.3) is 5.91 Å². The highest BCUT2D eigenvalue weighted by atomic mass is 16.2. The van der Waals surface area contributed by atoms with Gasteiger partial charge in [-0.05, 0) is 49.7 Å². The van der Waals surface area contributed by atoms with E-state index in [1.165, 1.54) is 6.92 Å². The van der Waals surface area contributed by atoms with Gasteiger partial charge in [-0.25, -0.2) is 0 Å². The molecule has 0 atom stereocenters. The maximum atomic E-state index is 12.2. The Bertz CT molecular complexity index is 678. The average molecular weight is 283 g/mol. The number of aromatic nitrogens is 1. The third-order valence-electron chi connectivity index (χ3n) is 3.16. The summed E-state index contributed by atoms with van der Waals surface area (Å²) in [7, 11) is 0. The molecule has 0 bridgehead atoms. The number of hydrogen-bond acceptors (Lipinski definition) is 3. The fourth-order valence-corrected chi connectivity index (χ4v) is 1.92. The van der Waals surface area contributed by atoms with Crippen LogP contribution in [0.1, 0.15) is 28.5 Å². The van der Waals surface area contributed by atoms with Crippen LogP contribution < -0.4 is 10.6 Å². The molecule has 0 saturated heterocycles. The monoisotopic (exact) mass is 283 g/mol. The summed E-state index contributed by atoms with van der Waals surface area (Å²) in [5, 5.41) is 5.50. The summed E-state index contributed by atoms with van der Waals surface area (Å²) >= 11 is 0. The first-order valence-corrected chi connectivity index (χ1v) is 6.58. The van der Waals surface area contributed by atoms with Gasteiger partial charge in [0, 0.05) is 35.8 Å². The third kappa shape index (κ3) is 3.66. The van der Waals surface area contributed by atoms with E-state index in [1.807, 2.05) is 13.8 Å². The van der Waals surface area contributed by atoms with Crippen molar-refractivity contribution < 1.29 is 9.59 Å². The number of aryl methyl sites for hydroxylation is 1. The lowest BCUT2D eigenvalue weighted by molar-refractivity contribution is -0.114. The lowest BCUT2D eigenvalue weighted by Gasteiger charge is -2.09. The Kier molecular flexibility index (Phi) is 4.33. The Hall–Kier alpha value is -2.69. The van der Waals surface area contributed by atoms with Crippen molar-refractivity contribution in [1.82, 2.24) is 4.98 Å². The minimum Gasteiger partial charge on any atom is -0.326 e. The molecule has 1 aromatic carbocycles. The molecule has 5 nitrogen and oxygen atoms in total. The van der Waals surface area contributed by atoms with Crippen LogP contribution >= 0.6 is 0 Å². The number of nitrogens with one attached hydrogen (secondary N) is 2. The van der Waals surface area contributed by atoms with E-state index in [0.717, 1.165) is 11.3 Å². The van der Waals surface area contributed by atoms with Crippen LogP contribution in [0, 0.1) is 13.8 Å². The quantitative estimate of drug-likeness (QED) is 0.909. The van der Waals surface area contributed by atoms with Crippen molar-refractivity contribution in [1.29, 1.82) is 0 Å². The topological polar surface area (TPSA) is 71.1 Å². The lowest BCUT2D eigenvalue weighted by atomic mass is 10.1. The number of nitrogens with zero attached hydrogens (tertiary/aromatic N) is 1. The van der Waals surface area contributed by atoms with E-state index in [1.54, 1.807) is 36.5 Å². The first-order chi connectivity index (χ1) is 9.97. The standard InChI is InChI=1S/C16H17N3O2/c1-10-11(2)17-9-8-15(10)16(21)19-14-6-4-13(5-7-14)18-12(3)20/h4-9H,1-3H3,(H,18,20)(H,19,21). The van der Waals surface area contributed by atoms with E-state index >= 15 is 0 Å². The molecule has 2 aromatic rings. The van der Waals surface area contributed by atoms with Crippen molar-refractivity contribution in [2.24, 2.45) is 0 Å². The number of rotatable bonds is 3. The summed E-state index contributed by atoms with van der Waals surface area (Å²) in [5.41, 5.74) is 3.67. The zero-order valence-corrected chi connectivity index (χ0v) is 12.2. The molecule has 1 aromatic heterocycles. The fraction of sp³-hybridized carbons (Fsp3) is 0.188. The lowest BCUT2D eigenvalue weighted by Crippen LogP contribution is -2.14. The molecule has 0 radical (unpaired) electrons. The van der Waals surface area contributed by atoms with Crippen LogP contribution in [-0.2, 0) is 4.79 Å². The predicted molar refractivity (Wildman–Crippen MR) is 82.4 cm³/mol. The van der Waals surface area contributed by atoms with E-state index in [0.29, 0.717) is 16.9 Å². The number of anilines is 2. The second-order valence-electron chi connectivity index (χ2n) is 4.78. The van der Waals surface area contributed by atoms with Gasteiger partial charge in [-0.1, -0.05) is 0 Å². The molecule has 0 aliphatic rings. The maximum absolute atomic E-state index is 12.2. The zero-order chi connectivity index (χ0) is 15.4. The first-order valence-electron chi connectivity index (χ1n) is 6.58. The highest BCUT2D eigenvalue weighted by Gasteiger charge is 2.11. The van der Waals surface area contributed by atoms with E-state index in [-0.39, 0.29) is 11.8 Å². The van der Waals surface area contributed by atoms with Crippen LogP contribution in [0.5, 0.6) is 0 Å². The molecule has 0 aliphatic heterocycles. The average Bonchev–Trinajstić information content (AvgIpc) is 2.43. The molecule has 2 N–H and O–H groups in total. The van der Waals surface area contributed by atoms with E-state index < -0.39 is 0 Å². The van der Waals surface area contributed by atoms with Gasteiger partial charge < -0.3 is 10.6 Å². The third-order valence-corrected chi connectivity index (χ3v) is 3.16. The van der Waals surface area contributed by atoms with Crippen molar-refractivity contribution in [3.8, 4) is 0 Å². The number of pyridine rings is 1. The van der Waals surface area contributed by atoms with E-state index in [9.17, 15) is 9.59 Å². The van der Waals surface area contributed by atoms with Crippen LogP contribution in [0.25, 0.3) is 0 Å². The van der Waals surface area contributed by atoms with Gasteiger partial charge in [-0.15, -0.1) is 0 Å². The Balaban J connectivity index is 2.12. The number of amides is 2. The number of benzene rings is 1. The zero-order valence-electron chi connectivity index (χ0n) is 12.2. The van der Waals surface area contributed by atoms with Gasteiger partial charge in [0.05, 0.1) is 0 Å². The molecule has 0 aliphatic carbocycles. The molecule has 2 amide bonds. The predicted octanol–water partition coefficient (Wildman–Crippen LogP) is 2.91. The molecule has 5 heteroatoms. The molecule has 0 unspecified atom stereocenters. The normalized spacial score (nSPS) is 10.0. The van der Waals surface area contributed by atoms with Crippen LogP contribution in [0.3, 0.4) is 0 Å². The summed E-state index contributed by atoms with van der Waals surface area (Å²) < 4.78 is 0. The molecule has 1 heterocycles. The second-order valence-corrected chi connectivity index (χ2v) is 4.78. The molecule has 108 valence electrons. The van der Waals surface area contributed by atoms with Crippen LogP contribution in [0.2, 0.25) is 0 Å². The van der Waals surface area contributed by atoms with Crippen molar-refractivity contribution in [3.63, 3.8) is 0 Å². The Morgan fingerprint density at radius 3 is 2.10 bits per heavy atom. The maximum Gasteiger partial charge on any atom is 0.256 e. The Labute approximate surface area is 123 Å². The molecule has 21 heavy (non-hydrogen) atoms. The highest BCUT2D eigenvalue weighted by Crippen LogP contribution is 2.16. The smallest absolute Gasteiger partial charge is 0.256 e. The van der Waals surface area contributed by atoms with Gasteiger partial charge in [0.2, 0.25) is 5.91 Å². The van der Waals surface area contributed by atoms with Gasteiger partial charge >= 0.3 is 0 Å². The van der Waals surface area contributed by atoms with Crippen LogP contribution in [0.4, 0.5) is 11.4 Å². The molecular weight excluding hydrogens is 266 g/mol. The van der Waals surface area contributed by atoms with Crippen molar-refractivity contribution in [2.45, 2.75) is 20.8 Å². The first kappa shape index (κ1) is 14.7. The molecule has 2 rings (SSSR count). The van der Waals surface area contributed by atoms with Crippen LogP contribution in [-0.4, -0.2) is 16.8 Å². The van der Waals surface area contributed by atoms with Crippen molar-refractivity contribution in [2.75, 3.05) is 10.6 Å². The van der Waals surface area contributed by atoms with Gasteiger partial charge in [-0.2, -0.15) is 0 Å².